The zero-order chi connectivity index (χ0) is 24.9. The molecule has 1 aliphatic heterocycles. The van der Waals surface area contributed by atoms with E-state index in [4.69, 9.17) is 9.47 Å². The van der Waals surface area contributed by atoms with Gasteiger partial charge in [-0.2, -0.15) is 0 Å². The van der Waals surface area contributed by atoms with Gasteiger partial charge in [0.25, 0.3) is 5.91 Å². The fraction of sp³-hybridized carbons (Fsp3) is 0.565. The molecule has 0 radical (unpaired) electrons. The number of aliphatic hydroxyl groups excluding tert-OH is 1. The predicted octanol–water partition coefficient (Wildman–Crippen LogP) is -0.518. The molecule has 1 heterocycles. The Morgan fingerprint density at radius 1 is 1.26 bits per heavy atom. The van der Waals surface area contributed by atoms with E-state index in [1.807, 2.05) is 6.92 Å². The van der Waals surface area contributed by atoms with Gasteiger partial charge in [0.2, 0.25) is 17.7 Å². The van der Waals surface area contributed by atoms with Crippen molar-refractivity contribution in [3.63, 3.8) is 0 Å². The van der Waals surface area contributed by atoms with E-state index < -0.39 is 41.8 Å². The molecule has 1 unspecified atom stereocenters. The number of amides is 4. The summed E-state index contributed by atoms with van der Waals surface area (Å²) in [5, 5.41) is 20.5. The molecule has 1 aromatic carbocycles. The minimum absolute atomic E-state index is 0.0186. The number of rotatable bonds is 6. The third kappa shape index (κ3) is 8.64. The molecule has 5 N–H and O–H groups in total. The first kappa shape index (κ1) is 27.1. The third-order valence-corrected chi connectivity index (χ3v) is 5.12. The maximum absolute atomic E-state index is 13.0. The van der Waals surface area contributed by atoms with Gasteiger partial charge in [0.05, 0.1) is 24.9 Å². The topological polar surface area (TPSA) is 155 Å². The number of benzene rings is 1. The summed E-state index contributed by atoms with van der Waals surface area (Å²) in [5.41, 5.74) is 0.254. The van der Waals surface area contributed by atoms with Crippen LogP contribution in [0.25, 0.3) is 0 Å². The van der Waals surface area contributed by atoms with Crippen molar-refractivity contribution in [2.24, 2.45) is 0 Å². The fourth-order valence-corrected chi connectivity index (χ4v) is 3.30. The average Bonchev–Trinajstić information content (AvgIpc) is 2.81. The molecule has 0 bridgehead atoms. The molecular weight excluding hydrogens is 444 g/mol. The average molecular weight is 479 g/mol. The van der Waals surface area contributed by atoms with E-state index in [9.17, 15) is 24.3 Å². The van der Waals surface area contributed by atoms with Crippen molar-refractivity contribution < 1.29 is 33.8 Å². The maximum atomic E-state index is 13.0. The number of hydrogen-bond acceptors (Lipinski definition) is 7. The number of hydrogen-bond donors (Lipinski definition) is 5. The minimum Gasteiger partial charge on any atom is -0.493 e. The Labute approximate surface area is 198 Å². The van der Waals surface area contributed by atoms with Gasteiger partial charge >= 0.3 is 0 Å². The van der Waals surface area contributed by atoms with E-state index in [2.05, 4.69) is 21.3 Å². The molecule has 0 fully saturated rings. The predicted molar refractivity (Wildman–Crippen MR) is 123 cm³/mol. The molecule has 1 aromatic rings. The molecule has 4 amide bonds. The highest BCUT2D eigenvalue weighted by Crippen LogP contribution is 2.18. The highest BCUT2D eigenvalue weighted by Gasteiger charge is 2.28. The van der Waals surface area contributed by atoms with Crippen LogP contribution >= 0.6 is 0 Å². The van der Waals surface area contributed by atoms with E-state index in [1.165, 1.54) is 6.92 Å². The lowest BCUT2D eigenvalue weighted by Gasteiger charge is -2.23. The van der Waals surface area contributed by atoms with Crippen LogP contribution in [0.1, 0.15) is 43.5 Å². The molecule has 11 heteroatoms. The van der Waals surface area contributed by atoms with Crippen molar-refractivity contribution in [1.29, 1.82) is 0 Å². The van der Waals surface area contributed by atoms with Crippen LogP contribution in [0.3, 0.4) is 0 Å². The second-order valence-corrected chi connectivity index (χ2v) is 7.83. The lowest BCUT2D eigenvalue weighted by atomic mass is 10.1. The summed E-state index contributed by atoms with van der Waals surface area (Å²) >= 11 is 0. The molecule has 0 saturated heterocycles. The first-order chi connectivity index (χ1) is 16.3. The van der Waals surface area contributed by atoms with E-state index >= 15 is 0 Å². The maximum Gasteiger partial charge on any atom is 0.255 e. The molecule has 11 nitrogen and oxygen atoms in total. The number of carbonyl (C=O) groups excluding carboxylic acids is 4. The van der Waals surface area contributed by atoms with Gasteiger partial charge in [-0.05, 0) is 38.8 Å². The Balaban J connectivity index is 2.22. The van der Waals surface area contributed by atoms with Crippen LogP contribution in [0.2, 0.25) is 0 Å². The summed E-state index contributed by atoms with van der Waals surface area (Å²) in [4.78, 5) is 50.6. The Bertz CT molecular complexity index is 846. The van der Waals surface area contributed by atoms with Gasteiger partial charge in [0.1, 0.15) is 17.8 Å². The second-order valence-electron chi connectivity index (χ2n) is 7.83. The highest BCUT2D eigenvalue weighted by atomic mass is 16.5. The Morgan fingerprint density at radius 2 is 2.03 bits per heavy atom. The van der Waals surface area contributed by atoms with Crippen LogP contribution in [0.5, 0.6) is 5.75 Å². The third-order valence-electron chi connectivity index (χ3n) is 5.12. The van der Waals surface area contributed by atoms with Crippen LogP contribution in [0.4, 0.5) is 0 Å². The summed E-state index contributed by atoms with van der Waals surface area (Å²) in [6.45, 7) is 4.78. The number of fused-ring (bicyclic) bond motifs is 1. The largest absolute Gasteiger partial charge is 0.493 e. The van der Waals surface area contributed by atoms with Crippen LogP contribution in [-0.4, -0.2) is 79.8 Å². The van der Waals surface area contributed by atoms with Crippen molar-refractivity contribution in [1.82, 2.24) is 21.3 Å². The SMILES string of the molecule is CCOCCNC(=O)[C@@H]1CCC(=O)NC([C@@H](C)O)C(=O)NCCCOc2ccccc2C(=O)N1. The molecule has 2 rings (SSSR count). The Kier molecular flexibility index (Phi) is 11.3. The lowest BCUT2D eigenvalue weighted by Crippen LogP contribution is -2.53. The molecule has 0 aromatic heterocycles. The fourth-order valence-electron chi connectivity index (χ4n) is 3.30. The number of nitrogens with one attached hydrogen (secondary N) is 4. The van der Waals surface area contributed by atoms with Gasteiger partial charge in [-0.3, -0.25) is 19.2 Å². The quantitative estimate of drug-likeness (QED) is 0.345. The van der Waals surface area contributed by atoms with Crippen molar-refractivity contribution in [3.05, 3.63) is 29.8 Å². The standard InChI is InChI=1S/C23H34N4O7/c1-3-33-14-12-25-22(31)17-9-10-19(29)27-20(15(2)28)23(32)24-11-6-13-34-18-8-5-4-7-16(18)21(30)26-17/h4-5,7-8,15,17,20,28H,3,6,9-14H2,1-2H3,(H,24,32)(H,25,31)(H,26,30)(H,27,29)/t15-,17+,20?/m1/s1. The Hall–Kier alpha value is -3.18. The van der Waals surface area contributed by atoms with Crippen molar-refractivity contribution in [2.45, 2.75) is 51.3 Å². The molecular formula is C23H34N4O7. The van der Waals surface area contributed by atoms with E-state index in [1.54, 1.807) is 24.3 Å². The molecule has 0 saturated carbocycles. The normalized spacial score (nSPS) is 21.2. The Morgan fingerprint density at radius 3 is 2.76 bits per heavy atom. The zero-order valence-electron chi connectivity index (χ0n) is 19.6. The van der Waals surface area contributed by atoms with E-state index in [-0.39, 0.29) is 38.1 Å². The summed E-state index contributed by atoms with van der Waals surface area (Å²) < 4.78 is 10.9. The van der Waals surface area contributed by atoms with Gasteiger partial charge in [-0.1, -0.05) is 12.1 Å². The van der Waals surface area contributed by atoms with Crippen LogP contribution < -0.4 is 26.0 Å². The number of para-hydroxylation sites is 1. The number of carbonyl (C=O) groups is 4. The summed E-state index contributed by atoms with van der Waals surface area (Å²) in [7, 11) is 0. The van der Waals surface area contributed by atoms with Gasteiger partial charge in [-0.15, -0.1) is 0 Å². The van der Waals surface area contributed by atoms with Gasteiger partial charge in [0.15, 0.2) is 0 Å². The highest BCUT2D eigenvalue weighted by molar-refractivity contribution is 5.99. The van der Waals surface area contributed by atoms with Gasteiger partial charge in [-0.25, -0.2) is 0 Å². The summed E-state index contributed by atoms with van der Waals surface area (Å²) in [6.07, 6.45) is -0.857. The number of aliphatic hydroxyl groups is 1. The molecule has 188 valence electrons. The first-order valence-corrected chi connectivity index (χ1v) is 11.5. The monoisotopic (exact) mass is 478 g/mol. The van der Waals surface area contributed by atoms with E-state index in [0.29, 0.717) is 25.4 Å². The van der Waals surface area contributed by atoms with Crippen LogP contribution in [0, 0.1) is 0 Å². The molecule has 3 atom stereocenters. The zero-order valence-corrected chi connectivity index (χ0v) is 19.6. The van der Waals surface area contributed by atoms with E-state index in [0.717, 1.165) is 0 Å². The van der Waals surface area contributed by atoms with Crippen molar-refractivity contribution in [2.75, 3.05) is 32.9 Å². The van der Waals surface area contributed by atoms with Gasteiger partial charge < -0.3 is 35.8 Å². The first-order valence-electron chi connectivity index (χ1n) is 11.5. The van der Waals surface area contributed by atoms with Gasteiger partial charge in [0, 0.05) is 26.1 Å². The second kappa shape index (κ2) is 14.2. The van der Waals surface area contributed by atoms with Crippen molar-refractivity contribution in [3.8, 4) is 5.75 Å². The molecule has 0 spiro atoms. The summed E-state index contributed by atoms with van der Waals surface area (Å²) in [5.74, 6) is -1.69. The van der Waals surface area contributed by atoms with Crippen LogP contribution in [-0.2, 0) is 19.1 Å². The lowest BCUT2D eigenvalue weighted by molar-refractivity contribution is -0.132. The smallest absolute Gasteiger partial charge is 0.255 e. The van der Waals surface area contributed by atoms with Crippen molar-refractivity contribution >= 4 is 23.6 Å². The summed E-state index contributed by atoms with van der Waals surface area (Å²) in [6, 6.07) is 4.47. The number of ether oxygens (including phenoxy) is 2. The molecule has 1 aliphatic rings. The molecule has 0 aliphatic carbocycles. The minimum atomic E-state index is -1.14. The molecule has 34 heavy (non-hydrogen) atoms. The van der Waals surface area contributed by atoms with Crippen LogP contribution in [0.15, 0.2) is 24.3 Å².